The Morgan fingerprint density at radius 3 is 2.54 bits per heavy atom. The quantitative estimate of drug-likeness (QED) is 0.662. The molecule has 0 aliphatic heterocycles. The highest BCUT2D eigenvalue weighted by molar-refractivity contribution is 7.15. The Labute approximate surface area is 159 Å². The number of aromatic carboxylic acids is 1. The molecule has 1 atom stereocenters. The average molecular weight is 384 g/mol. The largest absolute Gasteiger partial charge is 0.478 e. The maximum atomic E-state index is 12.6. The van der Waals surface area contributed by atoms with Crippen LogP contribution in [0.25, 0.3) is 11.1 Å². The fraction of sp³-hybridized carbons (Fsp3) is 0.100. The van der Waals surface area contributed by atoms with Crippen molar-refractivity contribution >= 4 is 39.8 Å². The number of amides is 1. The second-order valence-electron chi connectivity index (χ2n) is 6.11. The van der Waals surface area contributed by atoms with Crippen LogP contribution in [0.15, 0.2) is 53.9 Å². The highest BCUT2D eigenvalue weighted by Gasteiger charge is 2.33. The summed E-state index contributed by atoms with van der Waals surface area (Å²) < 4.78 is 0. The van der Waals surface area contributed by atoms with E-state index in [0.717, 1.165) is 11.1 Å². The van der Waals surface area contributed by atoms with Crippen LogP contribution >= 0.6 is 22.9 Å². The molecule has 3 aromatic rings. The molecule has 2 aromatic carbocycles. The Morgan fingerprint density at radius 2 is 1.85 bits per heavy atom. The number of carbonyl (C=O) groups is 2. The Kier molecular flexibility index (Phi) is 4.26. The van der Waals surface area contributed by atoms with Crippen molar-refractivity contribution in [2.24, 2.45) is 0 Å². The van der Waals surface area contributed by atoms with Gasteiger partial charge in [0.2, 0.25) is 5.91 Å². The van der Waals surface area contributed by atoms with E-state index < -0.39 is 5.97 Å². The first kappa shape index (κ1) is 16.8. The van der Waals surface area contributed by atoms with E-state index in [9.17, 15) is 14.7 Å². The standard InChI is InChI=1S/C20H14ClNO3S/c21-13-7-5-11(6-8-13)16-10-26-19(17(16)20(24)25)22-18(23)15-9-12-3-1-2-4-14(12)15/h1-8,10,15H,9H2,(H,22,23)(H,24,25). The average Bonchev–Trinajstić information content (AvgIpc) is 3.00. The van der Waals surface area contributed by atoms with Gasteiger partial charge in [0.15, 0.2) is 0 Å². The Bertz CT molecular complexity index is 1010. The molecule has 0 saturated carbocycles. The van der Waals surface area contributed by atoms with E-state index in [2.05, 4.69) is 5.32 Å². The van der Waals surface area contributed by atoms with E-state index in [1.165, 1.54) is 16.9 Å². The summed E-state index contributed by atoms with van der Waals surface area (Å²) in [5.41, 5.74) is 3.61. The molecular formula is C20H14ClNO3S. The van der Waals surface area contributed by atoms with Gasteiger partial charge in [0, 0.05) is 16.0 Å². The first-order valence-corrected chi connectivity index (χ1v) is 9.29. The molecule has 1 aliphatic rings. The topological polar surface area (TPSA) is 66.4 Å². The van der Waals surface area contributed by atoms with Gasteiger partial charge >= 0.3 is 5.97 Å². The number of rotatable bonds is 4. The molecule has 1 aromatic heterocycles. The molecule has 130 valence electrons. The van der Waals surface area contributed by atoms with E-state index >= 15 is 0 Å². The van der Waals surface area contributed by atoms with Gasteiger partial charge in [-0.2, -0.15) is 0 Å². The summed E-state index contributed by atoms with van der Waals surface area (Å²) in [6.07, 6.45) is 0.680. The lowest BCUT2D eigenvalue weighted by molar-refractivity contribution is -0.118. The van der Waals surface area contributed by atoms with Crippen molar-refractivity contribution in [1.82, 2.24) is 0 Å². The molecule has 4 nitrogen and oxygen atoms in total. The predicted octanol–water partition coefficient (Wildman–Crippen LogP) is 5.05. The highest BCUT2D eigenvalue weighted by Crippen LogP contribution is 2.39. The maximum Gasteiger partial charge on any atom is 0.339 e. The zero-order valence-corrected chi connectivity index (χ0v) is 15.1. The predicted molar refractivity (Wildman–Crippen MR) is 103 cm³/mol. The van der Waals surface area contributed by atoms with Gasteiger partial charge in [0.25, 0.3) is 0 Å². The third-order valence-electron chi connectivity index (χ3n) is 4.57. The van der Waals surface area contributed by atoms with Gasteiger partial charge in [0.05, 0.1) is 5.92 Å². The van der Waals surface area contributed by atoms with Gasteiger partial charge in [-0.25, -0.2) is 4.79 Å². The van der Waals surface area contributed by atoms with Gasteiger partial charge in [0.1, 0.15) is 10.6 Å². The first-order valence-electron chi connectivity index (χ1n) is 8.04. The first-order chi connectivity index (χ1) is 12.5. The molecule has 0 fully saturated rings. The van der Waals surface area contributed by atoms with Crippen LogP contribution in [0.1, 0.15) is 27.4 Å². The Morgan fingerprint density at radius 1 is 1.12 bits per heavy atom. The molecule has 1 aliphatic carbocycles. The van der Waals surface area contributed by atoms with Crippen molar-refractivity contribution < 1.29 is 14.7 Å². The summed E-state index contributed by atoms with van der Waals surface area (Å²) in [5, 5.41) is 15.2. The number of carboxylic acids is 1. The van der Waals surface area contributed by atoms with Crippen molar-refractivity contribution in [1.29, 1.82) is 0 Å². The SMILES string of the molecule is O=C(O)c1c(-c2ccc(Cl)cc2)csc1NC(=O)C1Cc2ccccc21. The van der Waals surface area contributed by atoms with Crippen molar-refractivity contribution in [2.45, 2.75) is 12.3 Å². The molecule has 0 bridgehead atoms. The number of halogens is 1. The second kappa shape index (κ2) is 6.59. The molecule has 2 N–H and O–H groups in total. The van der Waals surface area contributed by atoms with Gasteiger partial charge in [-0.3, -0.25) is 4.79 Å². The van der Waals surface area contributed by atoms with Crippen LogP contribution in [-0.2, 0) is 11.2 Å². The maximum absolute atomic E-state index is 12.6. The van der Waals surface area contributed by atoms with Gasteiger partial charge in [-0.05, 0) is 35.2 Å². The lowest BCUT2D eigenvalue weighted by atomic mass is 9.77. The molecule has 26 heavy (non-hydrogen) atoms. The normalized spacial score (nSPS) is 15.0. The monoisotopic (exact) mass is 383 g/mol. The Hall–Kier alpha value is -2.63. The van der Waals surface area contributed by atoms with Gasteiger partial charge in [-0.1, -0.05) is 48.0 Å². The molecular weight excluding hydrogens is 370 g/mol. The summed E-state index contributed by atoms with van der Waals surface area (Å²) in [5.74, 6) is -1.47. The number of carbonyl (C=O) groups excluding carboxylic acids is 1. The van der Waals surface area contributed by atoms with Crippen molar-refractivity contribution in [3.05, 3.63) is 75.6 Å². The third-order valence-corrected chi connectivity index (χ3v) is 5.72. The minimum absolute atomic E-state index is 0.110. The fourth-order valence-corrected chi connectivity index (χ4v) is 4.29. The molecule has 1 heterocycles. The molecule has 0 spiro atoms. The van der Waals surface area contributed by atoms with Crippen LogP contribution in [0, 0.1) is 0 Å². The van der Waals surface area contributed by atoms with E-state index in [-0.39, 0.29) is 17.4 Å². The number of hydrogen-bond donors (Lipinski definition) is 2. The second-order valence-corrected chi connectivity index (χ2v) is 7.43. The van der Waals surface area contributed by atoms with Crippen molar-refractivity contribution in [2.75, 3.05) is 5.32 Å². The number of thiophene rings is 1. The smallest absolute Gasteiger partial charge is 0.339 e. The van der Waals surface area contributed by atoms with Crippen LogP contribution in [-0.4, -0.2) is 17.0 Å². The molecule has 4 rings (SSSR count). The summed E-state index contributed by atoms with van der Waals surface area (Å²) >= 11 is 7.12. The van der Waals surface area contributed by atoms with E-state index in [4.69, 9.17) is 11.6 Å². The summed E-state index contributed by atoms with van der Waals surface area (Å²) in [6.45, 7) is 0. The van der Waals surface area contributed by atoms with E-state index in [1.54, 1.807) is 29.6 Å². The number of hydrogen-bond acceptors (Lipinski definition) is 3. The van der Waals surface area contributed by atoms with E-state index in [0.29, 0.717) is 22.0 Å². The minimum Gasteiger partial charge on any atom is -0.478 e. The van der Waals surface area contributed by atoms with Crippen LogP contribution in [0.2, 0.25) is 5.02 Å². The zero-order valence-electron chi connectivity index (χ0n) is 13.5. The number of fused-ring (bicyclic) bond motifs is 1. The number of nitrogens with one attached hydrogen (secondary N) is 1. The van der Waals surface area contributed by atoms with Crippen LogP contribution in [0.3, 0.4) is 0 Å². The lowest BCUT2D eigenvalue weighted by Crippen LogP contribution is -2.30. The number of benzene rings is 2. The van der Waals surface area contributed by atoms with Gasteiger partial charge in [-0.15, -0.1) is 11.3 Å². The molecule has 6 heteroatoms. The molecule has 1 unspecified atom stereocenters. The number of anilines is 1. The van der Waals surface area contributed by atoms with Crippen molar-refractivity contribution in [3.63, 3.8) is 0 Å². The number of carboxylic acid groups (broad SMARTS) is 1. The summed E-state index contributed by atoms with van der Waals surface area (Å²) in [4.78, 5) is 24.4. The minimum atomic E-state index is -1.07. The fourth-order valence-electron chi connectivity index (χ4n) is 3.20. The molecule has 0 radical (unpaired) electrons. The molecule has 0 saturated heterocycles. The summed E-state index contributed by atoms with van der Waals surface area (Å²) in [6, 6.07) is 14.8. The third kappa shape index (κ3) is 2.89. The van der Waals surface area contributed by atoms with Crippen LogP contribution in [0.5, 0.6) is 0 Å². The highest BCUT2D eigenvalue weighted by atomic mass is 35.5. The van der Waals surface area contributed by atoms with Crippen molar-refractivity contribution in [3.8, 4) is 11.1 Å². The zero-order chi connectivity index (χ0) is 18.3. The molecule has 1 amide bonds. The van der Waals surface area contributed by atoms with Gasteiger partial charge < -0.3 is 10.4 Å². The van der Waals surface area contributed by atoms with E-state index in [1.807, 2.05) is 24.3 Å². The summed E-state index contributed by atoms with van der Waals surface area (Å²) in [7, 11) is 0. The van der Waals surface area contributed by atoms with Crippen LogP contribution < -0.4 is 5.32 Å². The lowest BCUT2D eigenvalue weighted by Gasteiger charge is -2.28. The van der Waals surface area contributed by atoms with Crippen LogP contribution in [0.4, 0.5) is 5.00 Å². The Balaban J connectivity index is 1.62.